The normalized spacial score (nSPS) is 25.5. The molecular formula is C10H14ClN3O. The number of aliphatic hydroxyl groups excluding tert-OH is 1. The Kier molecular flexibility index (Phi) is 3.38. The Labute approximate surface area is 93.7 Å². The van der Waals surface area contributed by atoms with Gasteiger partial charge in [-0.3, -0.25) is 0 Å². The molecule has 1 aliphatic rings. The molecule has 0 aliphatic heterocycles. The lowest BCUT2D eigenvalue weighted by Gasteiger charge is -2.18. The van der Waals surface area contributed by atoms with Crippen LogP contribution in [0.15, 0.2) is 12.1 Å². The third-order valence-electron chi connectivity index (χ3n) is 2.86. The van der Waals surface area contributed by atoms with E-state index in [9.17, 15) is 0 Å². The van der Waals surface area contributed by atoms with Crippen molar-refractivity contribution in [1.82, 2.24) is 10.2 Å². The first-order valence-electron chi connectivity index (χ1n) is 5.16. The molecule has 1 aromatic heterocycles. The van der Waals surface area contributed by atoms with E-state index in [0.717, 1.165) is 25.1 Å². The summed E-state index contributed by atoms with van der Waals surface area (Å²) in [7, 11) is 0. The van der Waals surface area contributed by atoms with E-state index >= 15 is 0 Å². The van der Waals surface area contributed by atoms with E-state index < -0.39 is 0 Å². The summed E-state index contributed by atoms with van der Waals surface area (Å²) in [6.45, 7) is 0.235. The van der Waals surface area contributed by atoms with Gasteiger partial charge in [0.05, 0.1) is 0 Å². The first kappa shape index (κ1) is 10.6. The molecule has 2 N–H and O–H groups in total. The quantitative estimate of drug-likeness (QED) is 0.826. The molecule has 4 nitrogen and oxygen atoms in total. The van der Waals surface area contributed by atoms with Crippen LogP contribution in [0.4, 0.5) is 5.82 Å². The van der Waals surface area contributed by atoms with Crippen LogP contribution in [-0.2, 0) is 0 Å². The molecule has 0 amide bonds. The number of hydrogen-bond acceptors (Lipinski definition) is 4. The zero-order chi connectivity index (χ0) is 10.7. The predicted octanol–water partition coefficient (Wildman–Crippen LogP) is 1.70. The second-order valence-corrected chi connectivity index (χ2v) is 4.25. The van der Waals surface area contributed by atoms with Gasteiger partial charge in [0.1, 0.15) is 5.82 Å². The van der Waals surface area contributed by atoms with Crippen LogP contribution in [0.1, 0.15) is 19.3 Å². The molecule has 5 heteroatoms. The standard InChI is InChI=1S/C10H14ClN3O/c11-9-4-5-10(14-13-9)12-8-3-1-2-7(8)6-15/h4-5,7-8,15H,1-3,6H2,(H,12,14)/t7-,8-/m0/s1. The second kappa shape index (κ2) is 4.77. The van der Waals surface area contributed by atoms with Gasteiger partial charge >= 0.3 is 0 Å². The van der Waals surface area contributed by atoms with Crippen LogP contribution in [0.25, 0.3) is 0 Å². The number of nitrogens with one attached hydrogen (secondary N) is 1. The zero-order valence-electron chi connectivity index (χ0n) is 8.36. The van der Waals surface area contributed by atoms with E-state index in [0.29, 0.717) is 17.1 Å². The molecule has 2 atom stereocenters. The first-order chi connectivity index (χ1) is 7.29. The highest BCUT2D eigenvalue weighted by atomic mass is 35.5. The predicted molar refractivity (Wildman–Crippen MR) is 58.9 cm³/mol. The number of anilines is 1. The highest BCUT2D eigenvalue weighted by Crippen LogP contribution is 2.27. The van der Waals surface area contributed by atoms with Crippen LogP contribution in [0.2, 0.25) is 5.15 Å². The summed E-state index contributed by atoms with van der Waals surface area (Å²) < 4.78 is 0. The van der Waals surface area contributed by atoms with Gasteiger partial charge in [-0.05, 0) is 25.0 Å². The molecule has 0 aromatic carbocycles. The number of rotatable bonds is 3. The van der Waals surface area contributed by atoms with Crippen molar-refractivity contribution in [3.63, 3.8) is 0 Å². The average molecular weight is 228 g/mol. The fourth-order valence-electron chi connectivity index (χ4n) is 2.03. The van der Waals surface area contributed by atoms with Gasteiger partial charge in [0, 0.05) is 18.6 Å². The molecule has 0 unspecified atom stereocenters. The van der Waals surface area contributed by atoms with Gasteiger partial charge in [0.2, 0.25) is 0 Å². The Hall–Kier alpha value is -0.870. The molecule has 15 heavy (non-hydrogen) atoms. The van der Waals surface area contributed by atoms with Crippen molar-refractivity contribution >= 4 is 17.4 Å². The molecular weight excluding hydrogens is 214 g/mol. The maximum atomic E-state index is 9.16. The maximum Gasteiger partial charge on any atom is 0.151 e. The number of nitrogens with zero attached hydrogens (tertiary/aromatic N) is 2. The maximum absolute atomic E-state index is 9.16. The number of halogens is 1. The van der Waals surface area contributed by atoms with Gasteiger partial charge in [-0.25, -0.2) is 0 Å². The van der Waals surface area contributed by atoms with Gasteiger partial charge in [0.15, 0.2) is 5.15 Å². The minimum absolute atomic E-state index is 0.235. The lowest BCUT2D eigenvalue weighted by atomic mass is 10.1. The van der Waals surface area contributed by atoms with Crippen molar-refractivity contribution in [1.29, 1.82) is 0 Å². The molecule has 0 bridgehead atoms. The number of aromatic nitrogens is 2. The first-order valence-corrected chi connectivity index (χ1v) is 5.54. The summed E-state index contributed by atoms with van der Waals surface area (Å²) in [6, 6.07) is 3.83. The molecule has 0 saturated heterocycles. The Morgan fingerprint density at radius 3 is 2.93 bits per heavy atom. The monoisotopic (exact) mass is 227 g/mol. The highest BCUT2D eigenvalue weighted by Gasteiger charge is 2.26. The van der Waals surface area contributed by atoms with Crippen LogP contribution in [-0.4, -0.2) is 28.0 Å². The summed E-state index contributed by atoms with van der Waals surface area (Å²) in [6.07, 6.45) is 3.31. The van der Waals surface area contributed by atoms with Crippen LogP contribution in [0.5, 0.6) is 0 Å². The van der Waals surface area contributed by atoms with E-state index in [1.807, 2.05) is 6.07 Å². The van der Waals surface area contributed by atoms with Crippen LogP contribution in [0, 0.1) is 5.92 Å². The molecule has 0 radical (unpaired) electrons. The fraction of sp³-hybridized carbons (Fsp3) is 0.600. The van der Waals surface area contributed by atoms with Crippen molar-refractivity contribution in [2.45, 2.75) is 25.3 Å². The molecule has 0 spiro atoms. The summed E-state index contributed by atoms with van der Waals surface area (Å²) in [4.78, 5) is 0. The van der Waals surface area contributed by atoms with E-state index in [-0.39, 0.29) is 6.61 Å². The topological polar surface area (TPSA) is 58.0 Å². The van der Waals surface area contributed by atoms with Gasteiger partial charge in [-0.1, -0.05) is 18.0 Å². The molecule has 1 fully saturated rings. The van der Waals surface area contributed by atoms with Gasteiger partial charge < -0.3 is 10.4 Å². The van der Waals surface area contributed by atoms with Gasteiger partial charge in [0.25, 0.3) is 0 Å². The summed E-state index contributed by atoms with van der Waals surface area (Å²) in [5.74, 6) is 1.06. The van der Waals surface area contributed by atoms with Gasteiger partial charge in [-0.2, -0.15) is 0 Å². The summed E-state index contributed by atoms with van der Waals surface area (Å²) >= 11 is 5.64. The SMILES string of the molecule is OC[C@@H]1CCC[C@@H]1Nc1ccc(Cl)nn1. The summed E-state index contributed by atoms with van der Waals surface area (Å²) in [5.41, 5.74) is 0. The summed E-state index contributed by atoms with van der Waals surface area (Å²) in [5, 5.41) is 20.5. The Morgan fingerprint density at radius 1 is 1.40 bits per heavy atom. The van der Waals surface area contributed by atoms with Crippen LogP contribution < -0.4 is 5.32 Å². The largest absolute Gasteiger partial charge is 0.396 e. The van der Waals surface area contributed by atoms with Crippen molar-refractivity contribution in [3.05, 3.63) is 17.3 Å². The molecule has 1 aromatic rings. The fourth-order valence-corrected chi connectivity index (χ4v) is 2.13. The lowest BCUT2D eigenvalue weighted by Crippen LogP contribution is -2.26. The number of hydrogen-bond donors (Lipinski definition) is 2. The molecule has 82 valence electrons. The third kappa shape index (κ3) is 2.58. The lowest BCUT2D eigenvalue weighted by molar-refractivity contribution is 0.222. The Bertz CT molecular complexity index is 317. The Balaban J connectivity index is 1.99. The molecule has 1 aliphatic carbocycles. The van der Waals surface area contributed by atoms with Crippen molar-refractivity contribution in [2.24, 2.45) is 5.92 Å². The van der Waals surface area contributed by atoms with Crippen molar-refractivity contribution in [2.75, 3.05) is 11.9 Å². The van der Waals surface area contributed by atoms with Gasteiger partial charge in [-0.15, -0.1) is 10.2 Å². The number of aliphatic hydroxyl groups is 1. The second-order valence-electron chi connectivity index (χ2n) is 3.87. The van der Waals surface area contributed by atoms with E-state index in [1.165, 1.54) is 0 Å². The van der Waals surface area contributed by atoms with Crippen LogP contribution >= 0.6 is 11.6 Å². The Morgan fingerprint density at radius 2 is 2.27 bits per heavy atom. The average Bonchev–Trinajstić information content (AvgIpc) is 2.69. The molecule has 1 saturated carbocycles. The highest BCUT2D eigenvalue weighted by molar-refractivity contribution is 6.29. The smallest absolute Gasteiger partial charge is 0.151 e. The molecule has 1 heterocycles. The van der Waals surface area contributed by atoms with Crippen molar-refractivity contribution in [3.8, 4) is 0 Å². The van der Waals surface area contributed by atoms with E-state index in [4.69, 9.17) is 16.7 Å². The molecule has 2 rings (SSSR count). The van der Waals surface area contributed by atoms with Crippen LogP contribution in [0.3, 0.4) is 0 Å². The van der Waals surface area contributed by atoms with Crippen molar-refractivity contribution < 1.29 is 5.11 Å². The van der Waals surface area contributed by atoms with E-state index in [2.05, 4.69) is 15.5 Å². The van der Waals surface area contributed by atoms with E-state index in [1.54, 1.807) is 6.07 Å². The zero-order valence-corrected chi connectivity index (χ0v) is 9.11. The third-order valence-corrected chi connectivity index (χ3v) is 3.06. The minimum atomic E-state index is 0.235. The minimum Gasteiger partial charge on any atom is -0.396 e.